The first-order valence-electron chi connectivity index (χ1n) is 5.89. The van der Waals surface area contributed by atoms with Crippen molar-refractivity contribution in [2.75, 3.05) is 26.4 Å². The fourth-order valence-electron chi connectivity index (χ4n) is 1.29. The van der Waals surface area contributed by atoms with Crippen molar-refractivity contribution >= 4 is 31.6 Å². The molecule has 0 aromatic heterocycles. The monoisotopic (exact) mass is 367 g/mol. The highest BCUT2D eigenvalue weighted by atomic mass is 79.9. The SMILES string of the molecule is CN(C)C(C)(C)CNS(=O)(=O)c1cc(N)cc(Br)c1F. The number of sulfonamides is 1. The van der Waals surface area contributed by atoms with E-state index in [1.54, 1.807) is 0 Å². The third-order valence-electron chi connectivity index (χ3n) is 3.21. The molecule has 0 unspecified atom stereocenters. The lowest BCUT2D eigenvalue weighted by atomic mass is 10.1. The molecule has 0 aliphatic rings. The molecule has 8 heteroatoms. The zero-order chi connectivity index (χ0) is 15.7. The number of rotatable bonds is 5. The maximum atomic E-state index is 13.9. The smallest absolute Gasteiger partial charge is 0.243 e. The third-order valence-corrected chi connectivity index (χ3v) is 5.19. The highest BCUT2D eigenvalue weighted by molar-refractivity contribution is 9.10. The molecular formula is C12H19BrFN3O2S. The van der Waals surface area contributed by atoms with Crippen LogP contribution in [0.5, 0.6) is 0 Å². The minimum absolute atomic E-state index is 0.0183. The molecule has 0 aliphatic carbocycles. The molecular weight excluding hydrogens is 349 g/mol. The normalized spacial score (nSPS) is 12.9. The van der Waals surface area contributed by atoms with Crippen LogP contribution in [0, 0.1) is 5.82 Å². The van der Waals surface area contributed by atoms with Gasteiger partial charge in [-0.3, -0.25) is 0 Å². The molecule has 0 aliphatic heterocycles. The van der Waals surface area contributed by atoms with Crippen molar-refractivity contribution in [2.45, 2.75) is 24.3 Å². The number of halogens is 2. The highest BCUT2D eigenvalue weighted by Crippen LogP contribution is 2.26. The van der Waals surface area contributed by atoms with Crippen molar-refractivity contribution in [1.82, 2.24) is 9.62 Å². The summed E-state index contributed by atoms with van der Waals surface area (Å²) in [7, 11) is -0.286. The van der Waals surface area contributed by atoms with Gasteiger partial charge in [-0.05, 0) is 56.0 Å². The van der Waals surface area contributed by atoms with Gasteiger partial charge in [0.15, 0.2) is 5.82 Å². The second-order valence-electron chi connectivity index (χ2n) is 5.35. The molecule has 114 valence electrons. The van der Waals surface area contributed by atoms with Crippen LogP contribution in [0.1, 0.15) is 13.8 Å². The summed E-state index contributed by atoms with van der Waals surface area (Å²) in [5.41, 5.74) is 5.33. The highest BCUT2D eigenvalue weighted by Gasteiger charge is 2.26. The van der Waals surface area contributed by atoms with Crippen LogP contribution in [0.25, 0.3) is 0 Å². The Balaban J connectivity index is 3.07. The third kappa shape index (κ3) is 3.91. The Morgan fingerprint density at radius 2 is 1.95 bits per heavy atom. The summed E-state index contributed by atoms with van der Waals surface area (Å²) >= 11 is 2.95. The molecule has 20 heavy (non-hydrogen) atoms. The van der Waals surface area contributed by atoms with Crippen molar-refractivity contribution in [1.29, 1.82) is 0 Å². The second kappa shape index (κ2) is 5.97. The maximum Gasteiger partial charge on any atom is 0.243 e. The number of benzene rings is 1. The Hall–Kier alpha value is -0.700. The van der Waals surface area contributed by atoms with E-state index >= 15 is 0 Å². The minimum atomic E-state index is -3.96. The van der Waals surface area contributed by atoms with Crippen LogP contribution in [-0.4, -0.2) is 39.5 Å². The van der Waals surface area contributed by atoms with Gasteiger partial charge in [0, 0.05) is 17.8 Å². The van der Waals surface area contributed by atoms with Crippen molar-refractivity contribution < 1.29 is 12.8 Å². The lowest BCUT2D eigenvalue weighted by Gasteiger charge is -2.32. The first kappa shape index (κ1) is 17.4. The van der Waals surface area contributed by atoms with Gasteiger partial charge in [-0.2, -0.15) is 0 Å². The van der Waals surface area contributed by atoms with Crippen LogP contribution in [0.4, 0.5) is 10.1 Å². The van der Waals surface area contributed by atoms with Gasteiger partial charge in [-0.25, -0.2) is 17.5 Å². The summed E-state index contributed by atoms with van der Waals surface area (Å²) in [6.45, 7) is 3.90. The van der Waals surface area contributed by atoms with E-state index in [1.807, 2.05) is 32.8 Å². The zero-order valence-corrected chi connectivity index (χ0v) is 14.3. The average molecular weight is 368 g/mol. The molecule has 0 radical (unpaired) electrons. The van der Waals surface area contributed by atoms with Crippen LogP contribution < -0.4 is 10.5 Å². The lowest BCUT2D eigenvalue weighted by Crippen LogP contribution is -2.48. The Morgan fingerprint density at radius 3 is 2.45 bits per heavy atom. The molecule has 3 N–H and O–H groups in total. The van der Waals surface area contributed by atoms with Gasteiger partial charge in [0.2, 0.25) is 10.0 Å². The summed E-state index contributed by atoms with van der Waals surface area (Å²) < 4.78 is 40.7. The van der Waals surface area contributed by atoms with Gasteiger partial charge in [-0.1, -0.05) is 0 Å². The number of likely N-dealkylation sites (N-methyl/N-ethyl adjacent to an activating group) is 1. The predicted molar refractivity (Wildman–Crippen MR) is 81.5 cm³/mol. The molecule has 0 spiro atoms. The Morgan fingerprint density at radius 1 is 1.40 bits per heavy atom. The molecule has 5 nitrogen and oxygen atoms in total. The van der Waals surface area contributed by atoms with E-state index in [4.69, 9.17) is 5.73 Å². The number of hydrogen-bond acceptors (Lipinski definition) is 4. The quantitative estimate of drug-likeness (QED) is 0.777. The second-order valence-corrected chi connectivity index (χ2v) is 7.94. The summed E-state index contributed by atoms with van der Waals surface area (Å²) in [6, 6.07) is 2.42. The van der Waals surface area contributed by atoms with Crippen LogP contribution in [0.3, 0.4) is 0 Å². The lowest BCUT2D eigenvalue weighted by molar-refractivity contribution is 0.199. The minimum Gasteiger partial charge on any atom is -0.399 e. The van der Waals surface area contributed by atoms with Crippen LogP contribution in [0.15, 0.2) is 21.5 Å². The Bertz CT molecular complexity index is 603. The van der Waals surface area contributed by atoms with Crippen LogP contribution in [-0.2, 0) is 10.0 Å². The van der Waals surface area contributed by atoms with Gasteiger partial charge in [0.05, 0.1) is 4.47 Å². The van der Waals surface area contributed by atoms with E-state index in [0.29, 0.717) is 0 Å². The topological polar surface area (TPSA) is 75.4 Å². The van der Waals surface area contributed by atoms with Crippen molar-refractivity contribution in [3.63, 3.8) is 0 Å². The standard InChI is InChI=1S/C12H19BrFN3O2S/c1-12(2,17(3)4)7-16-20(18,19)10-6-8(15)5-9(13)11(10)14/h5-6,16H,7,15H2,1-4H3. The fraction of sp³-hybridized carbons (Fsp3) is 0.500. The van der Waals surface area contributed by atoms with Crippen LogP contribution >= 0.6 is 15.9 Å². The summed E-state index contributed by atoms with van der Waals surface area (Å²) in [5, 5.41) is 0. The summed E-state index contributed by atoms with van der Waals surface area (Å²) in [6.07, 6.45) is 0. The molecule has 1 aromatic rings. The zero-order valence-electron chi connectivity index (χ0n) is 11.9. The van der Waals surface area contributed by atoms with Crippen molar-refractivity contribution in [3.05, 3.63) is 22.4 Å². The van der Waals surface area contributed by atoms with Gasteiger partial charge in [-0.15, -0.1) is 0 Å². The van der Waals surface area contributed by atoms with Gasteiger partial charge < -0.3 is 10.6 Å². The van der Waals surface area contributed by atoms with Crippen molar-refractivity contribution in [2.24, 2.45) is 0 Å². The molecule has 1 rings (SSSR count). The molecule has 0 heterocycles. The van der Waals surface area contributed by atoms with Gasteiger partial charge in [0.25, 0.3) is 0 Å². The number of anilines is 1. The molecule has 0 fully saturated rings. The Labute approximate surface area is 127 Å². The van der Waals surface area contributed by atoms with E-state index in [0.717, 1.165) is 6.07 Å². The molecule has 0 atom stereocenters. The van der Waals surface area contributed by atoms with Gasteiger partial charge >= 0.3 is 0 Å². The molecule has 0 bridgehead atoms. The van der Waals surface area contributed by atoms with E-state index in [9.17, 15) is 12.8 Å². The number of nitrogens with one attached hydrogen (secondary N) is 1. The first-order chi connectivity index (χ1) is 8.97. The average Bonchev–Trinajstić information content (AvgIpc) is 2.31. The predicted octanol–water partition coefficient (Wildman–Crippen LogP) is 1.79. The largest absolute Gasteiger partial charge is 0.399 e. The molecule has 1 aromatic carbocycles. The van der Waals surface area contributed by atoms with Gasteiger partial charge in [0.1, 0.15) is 4.90 Å². The molecule has 0 amide bonds. The van der Waals surface area contributed by atoms with E-state index < -0.39 is 26.3 Å². The number of nitrogens with two attached hydrogens (primary N) is 1. The maximum absolute atomic E-state index is 13.9. The summed E-state index contributed by atoms with van der Waals surface area (Å²) in [4.78, 5) is 1.42. The van der Waals surface area contributed by atoms with E-state index in [1.165, 1.54) is 6.07 Å². The van der Waals surface area contributed by atoms with Crippen molar-refractivity contribution in [3.8, 4) is 0 Å². The Kier molecular flexibility index (Phi) is 5.18. The summed E-state index contributed by atoms with van der Waals surface area (Å²) in [5.74, 6) is -0.852. The van der Waals surface area contributed by atoms with E-state index in [2.05, 4.69) is 20.7 Å². The first-order valence-corrected chi connectivity index (χ1v) is 8.16. The van der Waals surface area contributed by atoms with Crippen LogP contribution in [0.2, 0.25) is 0 Å². The number of nitrogens with zero attached hydrogens (tertiary/aromatic N) is 1. The fourth-order valence-corrected chi connectivity index (χ4v) is 3.23. The molecule has 0 saturated carbocycles. The molecule has 0 saturated heterocycles. The van der Waals surface area contributed by atoms with E-state index in [-0.39, 0.29) is 16.7 Å². The number of nitrogen functional groups attached to an aromatic ring is 1. The number of hydrogen-bond donors (Lipinski definition) is 2.